The van der Waals surface area contributed by atoms with E-state index in [1.54, 1.807) is 32.2 Å². The molecule has 1 aromatic rings. The fraction of sp³-hybridized carbons (Fsp3) is 0.417. The summed E-state index contributed by atoms with van der Waals surface area (Å²) in [6.07, 6.45) is 0.283. The molecule has 0 fully saturated rings. The van der Waals surface area contributed by atoms with Crippen molar-refractivity contribution in [1.29, 1.82) is 0 Å². The van der Waals surface area contributed by atoms with Gasteiger partial charge in [-0.15, -0.1) is 12.4 Å². The zero-order valence-corrected chi connectivity index (χ0v) is 10.8. The molecule has 3 nitrogen and oxygen atoms in total. The summed E-state index contributed by atoms with van der Waals surface area (Å²) < 4.78 is 13.3. The fourth-order valence-electron chi connectivity index (χ4n) is 1.40. The number of carbonyl (C=O) groups is 1. The molecule has 2 N–H and O–H groups in total. The van der Waals surface area contributed by atoms with E-state index in [2.05, 4.69) is 0 Å². The molecule has 5 heteroatoms. The Morgan fingerprint density at radius 3 is 2.59 bits per heavy atom. The normalized spacial score (nSPS) is 11.5. The number of nitrogens with zero attached hydrogens (tertiary/aromatic N) is 1. The van der Waals surface area contributed by atoms with Crippen LogP contribution in [0.25, 0.3) is 0 Å². The van der Waals surface area contributed by atoms with Crippen LogP contribution in [0.5, 0.6) is 0 Å². The Labute approximate surface area is 107 Å². The van der Waals surface area contributed by atoms with E-state index in [0.29, 0.717) is 5.56 Å². The average molecular weight is 261 g/mol. The second-order valence-electron chi connectivity index (χ2n) is 4.02. The molecule has 1 rings (SSSR count). The van der Waals surface area contributed by atoms with E-state index in [1.807, 2.05) is 0 Å². The molecule has 0 aromatic heterocycles. The van der Waals surface area contributed by atoms with Crippen LogP contribution in [0.15, 0.2) is 24.3 Å². The van der Waals surface area contributed by atoms with Gasteiger partial charge in [0.25, 0.3) is 0 Å². The average Bonchev–Trinajstić information content (AvgIpc) is 2.20. The number of carbonyl (C=O) groups excluding carboxylic acids is 1. The molecule has 17 heavy (non-hydrogen) atoms. The van der Waals surface area contributed by atoms with E-state index in [0.717, 1.165) is 0 Å². The minimum atomic E-state index is -0.289. The van der Waals surface area contributed by atoms with Gasteiger partial charge in [-0.25, -0.2) is 4.39 Å². The molecule has 0 aliphatic carbocycles. The fourth-order valence-corrected chi connectivity index (χ4v) is 1.40. The number of amides is 1. The van der Waals surface area contributed by atoms with E-state index in [-0.39, 0.29) is 43.1 Å². The molecule has 0 saturated heterocycles. The van der Waals surface area contributed by atoms with Gasteiger partial charge in [0, 0.05) is 31.6 Å². The smallest absolute Gasteiger partial charge is 0.224 e. The predicted octanol–water partition coefficient (Wildman–Crippen LogP) is 1.94. The van der Waals surface area contributed by atoms with Crippen molar-refractivity contribution in [2.45, 2.75) is 25.9 Å². The first kappa shape index (κ1) is 15.9. The molecule has 0 bridgehead atoms. The minimum absolute atomic E-state index is 0. The molecule has 0 aliphatic rings. The first-order valence-electron chi connectivity index (χ1n) is 5.23. The quantitative estimate of drug-likeness (QED) is 0.899. The van der Waals surface area contributed by atoms with Crippen molar-refractivity contribution in [3.8, 4) is 0 Å². The molecule has 1 amide bonds. The summed E-state index contributed by atoms with van der Waals surface area (Å²) in [6.45, 7) is 2.05. The highest BCUT2D eigenvalue weighted by atomic mass is 35.5. The third-order valence-corrected chi connectivity index (χ3v) is 2.29. The zero-order valence-electron chi connectivity index (χ0n) is 10.0. The highest BCUT2D eigenvalue weighted by Crippen LogP contribution is 2.09. The molecular weight excluding hydrogens is 243 g/mol. The molecule has 0 heterocycles. The molecule has 1 atom stereocenters. The monoisotopic (exact) mass is 260 g/mol. The number of benzene rings is 1. The summed E-state index contributed by atoms with van der Waals surface area (Å²) in [7, 11) is 1.65. The van der Waals surface area contributed by atoms with Gasteiger partial charge in [0.15, 0.2) is 0 Å². The third-order valence-electron chi connectivity index (χ3n) is 2.29. The SMILES string of the molecule is CC(N)CC(=O)N(C)Cc1ccccc1F.Cl. The standard InChI is InChI=1S/C12H17FN2O.ClH/c1-9(14)7-12(16)15(2)8-10-5-3-4-6-11(10)13;/h3-6,9H,7-8,14H2,1-2H3;1H. The largest absolute Gasteiger partial charge is 0.341 e. The van der Waals surface area contributed by atoms with Crippen LogP contribution in [0.3, 0.4) is 0 Å². The Kier molecular flexibility index (Phi) is 6.76. The van der Waals surface area contributed by atoms with Crippen molar-refractivity contribution < 1.29 is 9.18 Å². The number of rotatable bonds is 4. The summed E-state index contributed by atoms with van der Waals surface area (Å²) in [5.74, 6) is -0.360. The van der Waals surface area contributed by atoms with Gasteiger partial charge in [-0.05, 0) is 13.0 Å². The van der Waals surface area contributed by atoms with Gasteiger partial charge in [0.1, 0.15) is 5.82 Å². The van der Waals surface area contributed by atoms with Gasteiger partial charge in [0.2, 0.25) is 5.91 Å². The number of hydrogen-bond donors (Lipinski definition) is 1. The minimum Gasteiger partial charge on any atom is -0.341 e. The Balaban J connectivity index is 0.00000256. The lowest BCUT2D eigenvalue weighted by molar-refractivity contribution is -0.130. The van der Waals surface area contributed by atoms with Crippen LogP contribution in [0.2, 0.25) is 0 Å². The molecule has 1 unspecified atom stereocenters. The van der Waals surface area contributed by atoms with Crippen molar-refractivity contribution in [1.82, 2.24) is 4.90 Å². The maximum atomic E-state index is 13.3. The summed E-state index contributed by atoms with van der Waals surface area (Å²) in [5.41, 5.74) is 6.05. The maximum absolute atomic E-state index is 13.3. The predicted molar refractivity (Wildman–Crippen MR) is 68.4 cm³/mol. The lowest BCUT2D eigenvalue weighted by atomic mass is 10.2. The van der Waals surface area contributed by atoms with Crippen LogP contribution in [0, 0.1) is 5.82 Å². The summed E-state index contributed by atoms with van der Waals surface area (Å²) >= 11 is 0. The van der Waals surface area contributed by atoms with E-state index in [4.69, 9.17) is 5.73 Å². The van der Waals surface area contributed by atoms with Crippen molar-refractivity contribution in [2.75, 3.05) is 7.05 Å². The first-order chi connectivity index (χ1) is 7.50. The molecule has 96 valence electrons. The van der Waals surface area contributed by atoms with Crippen molar-refractivity contribution in [3.63, 3.8) is 0 Å². The number of hydrogen-bond acceptors (Lipinski definition) is 2. The van der Waals surface area contributed by atoms with Gasteiger partial charge in [-0.2, -0.15) is 0 Å². The van der Waals surface area contributed by atoms with Gasteiger partial charge in [-0.1, -0.05) is 18.2 Å². The Morgan fingerprint density at radius 2 is 2.06 bits per heavy atom. The van der Waals surface area contributed by atoms with E-state index < -0.39 is 0 Å². The third kappa shape index (κ3) is 5.15. The van der Waals surface area contributed by atoms with E-state index in [9.17, 15) is 9.18 Å². The zero-order chi connectivity index (χ0) is 12.1. The second kappa shape index (κ2) is 7.25. The van der Waals surface area contributed by atoms with Crippen LogP contribution in [0.1, 0.15) is 18.9 Å². The summed E-state index contributed by atoms with van der Waals surface area (Å²) in [4.78, 5) is 13.1. The van der Waals surface area contributed by atoms with Gasteiger partial charge in [0.05, 0.1) is 0 Å². The Morgan fingerprint density at radius 1 is 1.47 bits per heavy atom. The van der Waals surface area contributed by atoms with Gasteiger partial charge < -0.3 is 10.6 Å². The van der Waals surface area contributed by atoms with Crippen LogP contribution in [0.4, 0.5) is 4.39 Å². The maximum Gasteiger partial charge on any atom is 0.224 e. The number of nitrogens with two attached hydrogens (primary N) is 1. The number of halogens is 2. The molecule has 1 aromatic carbocycles. The van der Waals surface area contributed by atoms with Crippen molar-refractivity contribution >= 4 is 18.3 Å². The van der Waals surface area contributed by atoms with Crippen molar-refractivity contribution in [3.05, 3.63) is 35.6 Å². The lowest BCUT2D eigenvalue weighted by Gasteiger charge is -2.18. The van der Waals surface area contributed by atoms with Crippen molar-refractivity contribution in [2.24, 2.45) is 5.73 Å². The molecule has 0 saturated carbocycles. The molecule has 0 radical (unpaired) electrons. The summed E-state index contributed by atoms with van der Waals surface area (Å²) in [5, 5.41) is 0. The van der Waals surface area contributed by atoms with Crippen LogP contribution < -0.4 is 5.73 Å². The second-order valence-corrected chi connectivity index (χ2v) is 4.02. The van der Waals surface area contributed by atoms with Gasteiger partial charge >= 0.3 is 0 Å². The Hall–Kier alpha value is -1.13. The van der Waals surface area contributed by atoms with Crippen LogP contribution in [-0.2, 0) is 11.3 Å². The molecule has 0 spiro atoms. The first-order valence-corrected chi connectivity index (χ1v) is 5.23. The molecule has 0 aliphatic heterocycles. The lowest BCUT2D eigenvalue weighted by Crippen LogP contribution is -2.31. The Bertz CT molecular complexity index is 371. The topological polar surface area (TPSA) is 46.3 Å². The van der Waals surface area contributed by atoms with E-state index in [1.165, 1.54) is 11.0 Å². The highest BCUT2D eigenvalue weighted by Gasteiger charge is 2.12. The summed E-state index contributed by atoms with van der Waals surface area (Å²) in [6, 6.07) is 6.27. The highest BCUT2D eigenvalue weighted by molar-refractivity contribution is 5.85. The van der Waals surface area contributed by atoms with Gasteiger partial charge in [-0.3, -0.25) is 4.79 Å². The van der Waals surface area contributed by atoms with Crippen LogP contribution in [-0.4, -0.2) is 23.9 Å². The van der Waals surface area contributed by atoms with Crippen LogP contribution >= 0.6 is 12.4 Å². The molecular formula is C12H18ClFN2O. The van der Waals surface area contributed by atoms with E-state index >= 15 is 0 Å².